The molecule has 0 aliphatic carbocycles. The molecule has 2 fully saturated rings. The van der Waals surface area contributed by atoms with E-state index in [0.29, 0.717) is 6.61 Å². The van der Waals surface area contributed by atoms with E-state index in [4.69, 9.17) is 9.47 Å². The lowest BCUT2D eigenvalue weighted by Crippen LogP contribution is -2.40. The molecule has 1 aromatic heterocycles. The largest absolute Gasteiger partial charge is 0.494 e. The van der Waals surface area contributed by atoms with Crippen LogP contribution < -0.4 is 15.0 Å². The molecular formula is C22H30N4O2S. The lowest BCUT2D eigenvalue weighted by molar-refractivity contribution is 0.0543. The average molecular weight is 415 g/mol. The van der Waals surface area contributed by atoms with Crippen molar-refractivity contribution in [2.24, 2.45) is 0 Å². The Kier molecular flexibility index (Phi) is 6.77. The van der Waals surface area contributed by atoms with Crippen molar-refractivity contribution in [1.82, 2.24) is 9.97 Å². The van der Waals surface area contributed by atoms with E-state index in [-0.39, 0.29) is 5.41 Å². The summed E-state index contributed by atoms with van der Waals surface area (Å²) in [5.41, 5.74) is 1.37. The first-order valence-electron chi connectivity index (χ1n) is 10.5. The fourth-order valence-corrected chi connectivity index (χ4v) is 4.97. The fourth-order valence-electron chi connectivity index (χ4n) is 4.07. The van der Waals surface area contributed by atoms with Crippen LogP contribution in [-0.4, -0.2) is 60.9 Å². The highest BCUT2D eigenvalue weighted by molar-refractivity contribution is 7.99. The number of nitrogens with one attached hydrogen (secondary N) is 1. The van der Waals surface area contributed by atoms with Crippen molar-refractivity contribution in [2.45, 2.75) is 25.2 Å². The van der Waals surface area contributed by atoms with Crippen molar-refractivity contribution >= 4 is 23.4 Å². The molecule has 156 valence electrons. The number of benzene rings is 1. The molecule has 2 aliphatic rings. The molecule has 1 N–H and O–H groups in total. The van der Waals surface area contributed by atoms with Gasteiger partial charge in [-0.05, 0) is 37.5 Å². The topological polar surface area (TPSA) is 59.5 Å². The highest BCUT2D eigenvalue weighted by Gasteiger charge is 2.34. The average Bonchev–Trinajstić information content (AvgIpc) is 2.80. The maximum Gasteiger partial charge on any atom is 0.134 e. The Morgan fingerprint density at radius 3 is 2.62 bits per heavy atom. The summed E-state index contributed by atoms with van der Waals surface area (Å²) in [7, 11) is 0. The molecule has 6 nitrogen and oxygen atoms in total. The van der Waals surface area contributed by atoms with Gasteiger partial charge in [0, 0.05) is 55.8 Å². The minimum absolute atomic E-state index is 0.0376. The van der Waals surface area contributed by atoms with Crippen LogP contribution in [0.25, 0.3) is 0 Å². The number of nitrogens with zero attached hydrogens (tertiary/aromatic N) is 3. The smallest absolute Gasteiger partial charge is 0.134 e. The van der Waals surface area contributed by atoms with Crippen molar-refractivity contribution in [3.63, 3.8) is 0 Å². The van der Waals surface area contributed by atoms with E-state index >= 15 is 0 Å². The predicted molar refractivity (Wildman–Crippen MR) is 119 cm³/mol. The molecule has 2 saturated heterocycles. The second-order valence-corrected chi connectivity index (χ2v) is 8.79. The zero-order valence-electron chi connectivity index (χ0n) is 17.1. The van der Waals surface area contributed by atoms with Gasteiger partial charge in [-0.15, -0.1) is 0 Å². The van der Waals surface area contributed by atoms with Crippen molar-refractivity contribution in [3.05, 3.63) is 42.2 Å². The summed E-state index contributed by atoms with van der Waals surface area (Å²) in [6.07, 6.45) is 3.66. The molecule has 0 saturated carbocycles. The lowest BCUT2D eigenvalue weighted by Gasteiger charge is -2.38. The van der Waals surface area contributed by atoms with Crippen molar-refractivity contribution in [2.75, 3.05) is 61.2 Å². The van der Waals surface area contributed by atoms with E-state index in [1.165, 1.54) is 5.56 Å². The summed E-state index contributed by atoms with van der Waals surface area (Å²) in [4.78, 5) is 11.3. The second-order valence-electron chi connectivity index (χ2n) is 7.56. The molecule has 0 unspecified atom stereocenters. The molecule has 2 aromatic rings. The van der Waals surface area contributed by atoms with Crippen LogP contribution in [0.15, 0.2) is 36.7 Å². The summed E-state index contributed by atoms with van der Waals surface area (Å²) in [6.45, 7) is 7.20. The summed E-state index contributed by atoms with van der Waals surface area (Å²) < 4.78 is 11.3. The number of hydrogen-bond donors (Lipinski definition) is 1. The van der Waals surface area contributed by atoms with Gasteiger partial charge in [-0.2, -0.15) is 11.8 Å². The zero-order chi connectivity index (χ0) is 19.9. The molecule has 1 aromatic carbocycles. The molecule has 4 rings (SSSR count). The Morgan fingerprint density at radius 1 is 1.14 bits per heavy atom. The fraction of sp³-hybridized carbons (Fsp3) is 0.545. The lowest BCUT2D eigenvalue weighted by atomic mass is 9.74. The van der Waals surface area contributed by atoms with E-state index in [1.807, 2.05) is 18.7 Å². The van der Waals surface area contributed by atoms with Crippen LogP contribution in [0.5, 0.6) is 5.75 Å². The second kappa shape index (κ2) is 9.67. The molecule has 0 amide bonds. The molecule has 0 atom stereocenters. The number of thioether (sulfide) groups is 1. The van der Waals surface area contributed by atoms with Crippen LogP contribution in [-0.2, 0) is 10.2 Å². The molecule has 0 bridgehead atoms. The van der Waals surface area contributed by atoms with E-state index in [9.17, 15) is 0 Å². The molecule has 7 heteroatoms. The van der Waals surface area contributed by atoms with Crippen LogP contribution in [0.4, 0.5) is 11.6 Å². The van der Waals surface area contributed by atoms with E-state index < -0.39 is 0 Å². The number of rotatable bonds is 7. The Hall–Kier alpha value is -1.99. The molecule has 29 heavy (non-hydrogen) atoms. The first kappa shape index (κ1) is 20.3. The number of aromatic nitrogens is 2. The first-order chi connectivity index (χ1) is 14.3. The third-order valence-corrected chi connectivity index (χ3v) is 6.77. The molecule has 0 radical (unpaired) electrons. The maximum absolute atomic E-state index is 5.67. The van der Waals surface area contributed by atoms with Crippen LogP contribution >= 0.6 is 11.8 Å². The van der Waals surface area contributed by atoms with Crippen molar-refractivity contribution in [3.8, 4) is 5.75 Å². The van der Waals surface area contributed by atoms with Gasteiger partial charge < -0.3 is 19.7 Å². The Morgan fingerprint density at radius 2 is 1.90 bits per heavy atom. The Balaban J connectivity index is 1.48. The summed E-state index contributed by atoms with van der Waals surface area (Å²) in [5.74, 6) is 5.16. The number of hydrogen-bond acceptors (Lipinski definition) is 7. The van der Waals surface area contributed by atoms with Crippen LogP contribution in [0, 0.1) is 0 Å². The van der Waals surface area contributed by atoms with Gasteiger partial charge in [0.15, 0.2) is 0 Å². The zero-order valence-corrected chi connectivity index (χ0v) is 17.9. The Bertz CT molecular complexity index is 775. The van der Waals surface area contributed by atoms with Gasteiger partial charge in [0.1, 0.15) is 23.7 Å². The number of anilines is 2. The van der Waals surface area contributed by atoms with Gasteiger partial charge in [-0.3, -0.25) is 0 Å². The predicted octanol–water partition coefficient (Wildman–Crippen LogP) is 3.59. The van der Waals surface area contributed by atoms with Crippen molar-refractivity contribution < 1.29 is 9.47 Å². The normalized spacial score (nSPS) is 19.0. The standard InChI is InChI=1S/C22H30N4O2S/c1-2-28-19-5-3-18(4-6-19)22(7-11-27-12-8-22)16-23-20-15-21(25-17-24-20)26-9-13-29-14-10-26/h3-6,15,17H,2,7-14,16H2,1H3,(H,23,24,25). The van der Waals surface area contributed by atoms with Gasteiger partial charge in [0.2, 0.25) is 0 Å². The quantitative estimate of drug-likeness (QED) is 0.743. The van der Waals surface area contributed by atoms with Crippen molar-refractivity contribution in [1.29, 1.82) is 0 Å². The molecule has 0 spiro atoms. The van der Waals surface area contributed by atoms with Gasteiger partial charge in [-0.1, -0.05) is 12.1 Å². The highest BCUT2D eigenvalue weighted by atomic mass is 32.2. The van der Waals surface area contributed by atoms with E-state index in [1.54, 1.807) is 6.33 Å². The van der Waals surface area contributed by atoms with Crippen LogP contribution in [0.1, 0.15) is 25.3 Å². The van der Waals surface area contributed by atoms with Gasteiger partial charge in [-0.25, -0.2) is 9.97 Å². The first-order valence-corrected chi connectivity index (χ1v) is 11.6. The monoisotopic (exact) mass is 414 g/mol. The molecule has 2 aliphatic heterocycles. The van der Waals surface area contributed by atoms with E-state index in [0.717, 1.165) is 74.6 Å². The number of ether oxygens (including phenoxy) is 2. The molecular weight excluding hydrogens is 384 g/mol. The summed E-state index contributed by atoms with van der Waals surface area (Å²) in [5, 5.41) is 3.60. The third-order valence-electron chi connectivity index (χ3n) is 5.82. The van der Waals surface area contributed by atoms with Gasteiger partial charge >= 0.3 is 0 Å². The Labute approximate surface area is 177 Å². The minimum atomic E-state index is 0.0376. The highest BCUT2D eigenvalue weighted by Crippen LogP contribution is 2.36. The SMILES string of the molecule is CCOc1ccc(C2(CNc3cc(N4CCSCC4)ncn3)CCOCC2)cc1. The summed E-state index contributed by atoms with van der Waals surface area (Å²) >= 11 is 2.01. The van der Waals surface area contributed by atoms with Crippen LogP contribution in [0.3, 0.4) is 0 Å². The van der Waals surface area contributed by atoms with Gasteiger partial charge in [0.05, 0.1) is 6.61 Å². The molecule has 3 heterocycles. The maximum atomic E-state index is 5.67. The van der Waals surface area contributed by atoms with E-state index in [2.05, 4.69) is 50.5 Å². The third kappa shape index (κ3) is 4.95. The summed E-state index contributed by atoms with van der Waals surface area (Å²) in [6, 6.07) is 10.6. The minimum Gasteiger partial charge on any atom is -0.494 e. The van der Waals surface area contributed by atoms with Crippen LogP contribution in [0.2, 0.25) is 0 Å². The van der Waals surface area contributed by atoms with Gasteiger partial charge in [0.25, 0.3) is 0 Å².